The monoisotopic (exact) mass is 283 g/mol. The van der Waals surface area contributed by atoms with E-state index in [0.29, 0.717) is 12.7 Å². The zero-order valence-electron chi connectivity index (χ0n) is 9.42. The zero-order valence-corrected chi connectivity index (χ0v) is 11.0. The highest BCUT2D eigenvalue weighted by Crippen LogP contribution is 2.26. The van der Waals surface area contributed by atoms with Crippen molar-refractivity contribution in [1.29, 1.82) is 0 Å². The summed E-state index contributed by atoms with van der Waals surface area (Å²) in [5.41, 5.74) is 7.81. The van der Waals surface area contributed by atoms with E-state index < -0.39 is 0 Å². The molecule has 1 fully saturated rings. The van der Waals surface area contributed by atoms with Gasteiger partial charge in [-0.1, -0.05) is 41.3 Å². The predicted octanol–water partition coefficient (Wildman–Crippen LogP) is 3.88. The minimum absolute atomic E-state index is 0.431. The molecule has 0 aromatic heterocycles. The molecule has 1 aromatic rings. The molecular weight excluding hydrogens is 266 g/mol. The van der Waals surface area contributed by atoms with Crippen LogP contribution < -0.4 is 5.73 Å². The number of anilines is 1. The highest BCUT2D eigenvalue weighted by Gasteiger charge is 2.14. The summed E-state index contributed by atoms with van der Waals surface area (Å²) in [7, 11) is 0. The first kappa shape index (κ1) is 11.9. The van der Waals surface area contributed by atoms with Gasteiger partial charge in [-0.15, -0.1) is 0 Å². The number of halogens is 1. The molecule has 0 spiro atoms. The summed E-state index contributed by atoms with van der Waals surface area (Å²) in [6.45, 7) is 0.623. The first-order valence-corrected chi connectivity index (χ1v) is 6.71. The van der Waals surface area contributed by atoms with Crippen molar-refractivity contribution < 1.29 is 4.74 Å². The van der Waals surface area contributed by atoms with Crippen LogP contribution >= 0.6 is 15.9 Å². The summed E-state index contributed by atoms with van der Waals surface area (Å²) in [6, 6.07) is 5.88. The summed E-state index contributed by atoms with van der Waals surface area (Å²) in [5, 5.41) is 0. The molecule has 2 nitrogen and oxygen atoms in total. The number of rotatable bonds is 3. The minimum Gasteiger partial charge on any atom is -0.398 e. The number of ether oxygens (including phenoxy) is 1. The Morgan fingerprint density at radius 1 is 1.25 bits per heavy atom. The number of hydrogen-bond donors (Lipinski definition) is 1. The maximum Gasteiger partial charge on any atom is 0.0751 e. The van der Waals surface area contributed by atoms with Gasteiger partial charge in [0.25, 0.3) is 0 Å². The Hall–Kier alpha value is -0.540. The SMILES string of the molecule is Nc1cccc(Br)c1COC1CCCCC1. The Kier molecular flexibility index (Phi) is 4.24. The zero-order chi connectivity index (χ0) is 11.4. The van der Waals surface area contributed by atoms with Crippen LogP contribution in [0, 0.1) is 0 Å². The molecule has 1 aliphatic carbocycles. The molecule has 0 saturated heterocycles. The second kappa shape index (κ2) is 5.69. The third-order valence-electron chi connectivity index (χ3n) is 3.17. The third kappa shape index (κ3) is 2.98. The first-order valence-electron chi connectivity index (χ1n) is 5.92. The first-order chi connectivity index (χ1) is 7.77. The van der Waals surface area contributed by atoms with Gasteiger partial charge >= 0.3 is 0 Å². The van der Waals surface area contributed by atoms with Crippen LogP contribution in [0.25, 0.3) is 0 Å². The summed E-state index contributed by atoms with van der Waals surface area (Å²) in [5.74, 6) is 0. The Labute approximate surface area is 105 Å². The molecule has 1 saturated carbocycles. The summed E-state index contributed by atoms with van der Waals surface area (Å²) < 4.78 is 6.97. The topological polar surface area (TPSA) is 35.2 Å². The molecule has 0 bridgehead atoms. The van der Waals surface area contributed by atoms with E-state index in [4.69, 9.17) is 10.5 Å². The smallest absolute Gasteiger partial charge is 0.0751 e. The predicted molar refractivity (Wildman–Crippen MR) is 70.2 cm³/mol. The van der Waals surface area contributed by atoms with Crippen molar-refractivity contribution in [3.63, 3.8) is 0 Å². The Bertz CT molecular complexity index is 328. The highest BCUT2D eigenvalue weighted by atomic mass is 79.9. The van der Waals surface area contributed by atoms with E-state index in [1.165, 1.54) is 32.1 Å². The van der Waals surface area contributed by atoms with E-state index >= 15 is 0 Å². The van der Waals surface area contributed by atoms with E-state index in [1.54, 1.807) is 0 Å². The molecule has 16 heavy (non-hydrogen) atoms. The van der Waals surface area contributed by atoms with Crippen molar-refractivity contribution in [2.75, 3.05) is 5.73 Å². The van der Waals surface area contributed by atoms with Gasteiger partial charge in [-0.25, -0.2) is 0 Å². The van der Waals surface area contributed by atoms with Gasteiger partial charge in [0, 0.05) is 15.7 Å². The van der Waals surface area contributed by atoms with Crippen molar-refractivity contribution in [3.05, 3.63) is 28.2 Å². The summed E-state index contributed by atoms with van der Waals surface area (Å²) in [6.07, 6.45) is 6.79. The molecule has 0 atom stereocenters. The lowest BCUT2D eigenvalue weighted by molar-refractivity contribution is 0.0169. The lowest BCUT2D eigenvalue weighted by Gasteiger charge is -2.22. The third-order valence-corrected chi connectivity index (χ3v) is 3.91. The van der Waals surface area contributed by atoms with Gasteiger partial charge in [-0.05, 0) is 25.0 Å². The lowest BCUT2D eigenvalue weighted by atomic mass is 9.98. The number of nitrogen functional groups attached to an aromatic ring is 1. The van der Waals surface area contributed by atoms with Crippen molar-refractivity contribution in [1.82, 2.24) is 0 Å². The van der Waals surface area contributed by atoms with Crippen LogP contribution in [0.3, 0.4) is 0 Å². The van der Waals surface area contributed by atoms with Crippen molar-refractivity contribution in [2.45, 2.75) is 44.8 Å². The fourth-order valence-electron chi connectivity index (χ4n) is 2.16. The van der Waals surface area contributed by atoms with Crippen LogP contribution in [-0.2, 0) is 11.3 Å². The van der Waals surface area contributed by atoms with E-state index in [2.05, 4.69) is 15.9 Å². The van der Waals surface area contributed by atoms with Gasteiger partial charge in [-0.3, -0.25) is 0 Å². The maximum atomic E-state index is 5.93. The Morgan fingerprint density at radius 2 is 2.00 bits per heavy atom. The molecule has 88 valence electrons. The van der Waals surface area contributed by atoms with E-state index in [9.17, 15) is 0 Å². The molecule has 0 unspecified atom stereocenters. The van der Waals surface area contributed by atoms with E-state index in [-0.39, 0.29) is 0 Å². The van der Waals surface area contributed by atoms with Crippen molar-refractivity contribution >= 4 is 21.6 Å². The van der Waals surface area contributed by atoms with Gasteiger partial charge in [0.15, 0.2) is 0 Å². The highest BCUT2D eigenvalue weighted by molar-refractivity contribution is 9.10. The molecule has 1 aliphatic rings. The second-order valence-electron chi connectivity index (χ2n) is 4.38. The number of nitrogens with two attached hydrogens (primary N) is 1. The largest absolute Gasteiger partial charge is 0.398 e. The molecule has 0 amide bonds. The average molecular weight is 284 g/mol. The maximum absolute atomic E-state index is 5.93. The Balaban J connectivity index is 1.93. The molecule has 1 aromatic carbocycles. The molecule has 2 N–H and O–H groups in total. The Morgan fingerprint density at radius 3 is 2.69 bits per heavy atom. The van der Waals surface area contributed by atoms with Crippen LogP contribution in [0.15, 0.2) is 22.7 Å². The fraction of sp³-hybridized carbons (Fsp3) is 0.538. The minimum atomic E-state index is 0.431. The van der Waals surface area contributed by atoms with Gasteiger partial charge in [-0.2, -0.15) is 0 Å². The van der Waals surface area contributed by atoms with Gasteiger partial charge < -0.3 is 10.5 Å². The summed E-state index contributed by atoms with van der Waals surface area (Å²) in [4.78, 5) is 0. The van der Waals surface area contributed by atoms with E-state index in [0.717, 1.165) is 15.7 Å². The van der Waals surface area contributed by atoms with Gasteiger partial charge in [0.05, 0.1) is 12.7 Å². The van der Waals surface area contributed by atoms with Crippen molar-refractivity contribution in [2.24, 2.45) is 0 Å². The fourth-order valence-corrected chi connectivity index (χ4v) is 2.66. The molecule has 2 rings (SSSR count). The van der Waals surface area contributed by atoms with Crippen LogP contribution in [0.5, 0.6) is 0 Å². The van der Waals surface area contributed by atoms with Crippen LogP contribution in [-0.4, -0.2) is 6.10 Å². The molecule has 0 radical (unpaired) electrons. The lowest BCUT2D eigenvalue weighted by Crippen LogP contribution is -2.16. The molecule has 3 heteroatoms. The van der Waals surface area contributed by atoms with Crippen LogP contribution in [0.1, 0.15) is 37.7 Å². The molecule has 0 heterocycles. The van der Waals surface area contributed by atoms with Gasteiger partial charge in [0.1, 0.15) is 0 Å². The van der Waals surface area contributed by atoms with Crippen LogP contribution in [0.4, 0.5) is 5.69 Å². The number of hydrogen-bond acceptors (Lipinski definition) is 2. The quantitative estimate of drug-likeness (QED) is 0.855. The van der Waals surface area contributed by atoms with Crippen molar-refractivity contribution in [3.8, 4) is 0 Å². The van der Waals surface area contributed by atoms with E-state index in [1.807, 2.05) is 18.2 Å². The summed E-state index contributed by atoms with van der Waals surface area (Å²) >= 11 is 3.51. The van der Waals surface area contributed by atoms with Gasteiger partial charge in [0.2, 0.25) is 0 Å². The molecular formula is C13H18BrNO. The number of benzene rings is 1. The normalized spacial score (nSPS) is 17.6. The standard InChI is InChI=1S/C13H18BrNO/c14-12-7-4-8-13(15)11(12)9-16-10-5-2-1-3-6-10/h4,7-8,10H,1-3,5-6,9,15H2. The van der Waals surface area contributed by atoms with Crippen LogP contribution in [0.2, 0.25) is 0 Å². The molecule has 0 aliphatic heterocycles. The second-order valence-corrected chi connectivity index (χ2v) is 5.23. The average Bonchev–Trinajstić information content (AvgIpc) is 2.30.